The summed E-state index contributed by atoms with van der Waals surface area (Å²) in [6.45, 7) is 0. The van der Waals surface area contributed by atoms with Crippen molar-refractivity contribution in [3.8, 4) is 12.1 Å². The van der Waals surface area contributed by atoms with E-state index in [0.717, 1.165) is 6.07 Å². The van der Waals surface area contributed by atoms with Gasteiger partial charge in [-0.25, -0.2) is 4.39 Å². The number of carbonyl (C=O) groups is 1. The van der Waals surface area contributed by atoms with Crippen molar-refractivity contribution in [2.24, 2.45) is 0 Å². The Morgan fingerprint density at radius 3 is 2.65 bits per heavy atom. The van der Waals surface area contributed by atoms with Crippen molar-refractivity contribution in [1.29, 1.82) is 10.5 Å². The third kappa shape index (κ3) is 4.16. The number of nitrogens with zero attached hydrogens (tertiary/aromatic N) is 2. The monoisotopic (exact) mass is 325 g/mol. The fourth-order valence-corrected chi connectivity index (χ4v) is 1.97. The molecule has 4 nitrogen and oxygen atoms in total. The number of anilines is 1. The lowest BCUT2D eigenvalue weighted by molar-refractivity contribution is -0.112. The maximum Gasteiger partial charge on any atom is 0.266 e. The van der Waals surface area contributed by atoms with Crippen LogP contribution < -0.4 is 5.32 Å². The maximum absolute atomic E-state index is 13.1. The van der Waals surface area contributed by atoms with Crippen molar-refractivity contribution >= 4 is 29.3 Å². The van der Waals surface area contributed by atoms with Crippen molar-refractivity contribution in [1.82, 2.24) is 0 Å². The highest BCUT2D eigenvalue weighted by Crippen LogP contribution is 2.20. The Kier molecular flexibility index (Phi) is 5.09. The minimum atomic E-state index is -0.655. The van der Waals surface area contributed by atoms with Gasteiger partial charge >= 0.3 is 0 Å². The summed E-state index contributed by atoms with van der Waals surface area (Å²) in [7, 11) is 0. The van der Waals surface area contributed by atoms with E-state index in [1.807, 2.05) is 6.07 Å². The van der Waals surface area contributed by atoms with Crippen molar-refractivity contribution in [2.75, 3.05) is 5.32 Å². The summed E-state index contributed by atoms with van der Waals surface area (Å²) in [5.74, 6) is -1.26. The molecular formula is C17H9ClFN3O. The van der Waals surface area contributed by atoms with E-state index < -0.39 is 11.7 Å². The molecule has 2 aromatic rings. The Morgan fingerprint density at radius 2 is 2.00 bits per heavy atom. The second-order valence-electron chi connectivity index (χ2n) is 4.49. The number of halogens is 2. The standard InChI is InChI=1S/C17H9ClFN3O/c18-15-8-14(4-5-16(15)19)22-17(23)13(10-21)7-11-2-1-3-12(6-11)9-20/h1-8H,(H,22,23)/b13-7+. The van der Waals surface area contributed by atoms with Crippen LogP contribution in [-0.4, -0.2) is 5.91 Å². The van der Waals surface area contributed by atoms with Gasteiger partial charge in [0.05, 0.1) is 16.7 Å². The van der Waals surface area contributed by atoms with E-state index in [2.05, 4.69) is 5.32 Å². The Bertz CT molecular complexity index is 878. The average molecular weight is 326 g/mol. The number of benzene rings is 2. The molecule has 2 rings (SSSR count). The van der Waals surface area contributed by atoms with Gasteiger partial charge in [0.15, 0.2) is 0 Å². The van der Waals surface area contributed by atoms with Gasteiger partial charge in [-0.1, -0.05) is 23.7 Å². The topological polar surface area (TPSA) is 76.7 Å². The van der Waals surface area contributed by atoms with E-state index in [0.29, 0.717) is 11.1 Å². The molecular weight excluding hydrogens is 317 g/mol. The van der Waals surface area contributed by atoms with Crippen LogP contribution in [0, 0.1) is 28.5 Å². The molecule has 0 aliphatic rings. The Hall–Kier alpha value is -3.15. The predicted molar refractivity (Wildman–Crippen MR) is 84.8 cm³/mol. The zero-order valence-corrected chi connectivity index (χ0v) is 12.4. The van der Waals surface area contributed by atoms with Crippen LogP contribution in [0.4, 0.5) is 10.1 Å². The summed E-state index contributed by atoms with van der Waals surface area (Å²) in [6, 6.07) is 14.0. The molecule has 0 atom stereocenters. The van der Waals surface area contributed by atoms with Gasteiger partial charge < -0.3 is 5.32 Å². The first-order valence-electron chi connectivity index (χ1n) is 6.42. The summed E-state index contributed by atoms with van der Waals surface area (Å²) in [6.07, 6.45) is 1.36. The molecule has 0 aliphatic carbocycles. The van der Waals surface area contributed by atoms with Crippen molar-refractivity contribution < 1.29 is 9.18 Å². The van der Waals surface area contributed by atoms with Crippen LogP contribution in [0.25, 0.3) is 6.08 Å². The zero-order valence-electron chi connectivity index (χ0n) is 11.7. The lowest BCUT2D eigenvalue weighted by Crippen LogP contribution is -2.13. The molecule has 0 aliphatic heterocycles. The molecule has 0 unspecified atom stereocenters. The first-order chi connectivity index (χ1) is 11.0. The highest BCUT2D eigenvalue weighted by molar-refractivity contribution is 6.31. The summed E-state index contributed by atoms with van der Waals surface area (Å²) in [4.78, 5) is 12.1. The van der Waals surface area contributed by atoms with Crippen LogP contribution in [0.15, 0.2) is 48.0 Å². The average Bonchev–Trinajstić information content (AvgIpc) is 2.56. The molecule has 0 saturated carbocycles. The van der Waals surface area contributed by atoms with Crippen molar-refractivity contribution in [2.45, 2.75) is 0 Å². The second-order valence-corrected chi connectivity index (χ2v) is 4.90. The summed E-state index contributed by atoms with van der Waals surface area (Å²) < 4.78 is 13.1. The largest absolute Gasteiger partial charge is 0.321 e. The summed E-state index contributed by atoms with van der Waals surface area (Å²) >= 11 is 5.64. The molecule has 0 saturated heterocycles. The van der Waals surface area contributed by atoms with E-state index in [-0.39, 0.29) is 16.3 Å². The molecule has 0 radical (unpaired) electrons. The van der Waals surface area contributed by atoms with Gasteiger partial charge in [0.25, 0.3) is 5.91 Å². The van der Waals surface area contributed by atoms with E-state index in [1.165, 1.54) is 18.2 Å². The lowest BCUT2D eigenvalue weighted by Gasteiger charge is -2.05. The van der Waals surface area contributed by atoms with Crippen molar-refractivity contribution in [3.63, 3.8) is 0 Å². The van der Waals surface area contributed by atoms with Crippen LogP contribution in [0.5, 0.6) is 0 Å². The van der Waals surface area contributed by atoms with E-state index >= 15 is 0 Å². The Morgan fingerprint density at radius 1 is 1.22 bits per heavy atom. The highest BCUT2D eigenvalue weighted by atomic mass is 35.5. The van der Waals surface area contributed by atoms with Gasteiger partial charge in [-0.2, -0.15) is 10.5 Å². The van der Waals surface area contributed by atoms with Gasteiger partial charge in [0.1, 0.15) is 17.5 Å². The van der Waals surface area contributed by atoms with Crippen LogP contribution in [-0.2, 0) is 4.79 Å². The summed E-state index contributed by atoms with van der Waals surface area (Å²) in [5, 5.41) is 20.3. The van der Waals surface area contributed by atoms with Crippen LogP contribution in [0.2, 0.25) is 5.02 Å². The molecule has 0 aromatic heterocycles. The third-order valence-electron chi connectivity index (χ3n) is 2.87. The van der Waals surface area contributed by atoms with Gasteiger partial charge in [-0.05, 0) is 42.0 Å². The van der Waals surface area contributed by atoms with Gasteiger partial charge in [-0.3, -0.25) is 4.79 Å². The van der Waals surface area contributed by atoms with Gasteiger partial charge in [0, 0.05) is 5.69 Å². The minimum Gasteiger partial charge on any atom is -0.321 e. The van der Waals surface area contributed by atoms with E-state index in [9.17, 15) is 9.18 Å². The maximum atomic E-state index is 13.1. The lowest BCUT2D eigenvalue weighted by atomic mass is 10.1. The zero-order chi connectivity index (χ0) is 16.8. The van der Waals surface area contributed by atoms with E-state index in [4.69, 9.17) is 22.1 Å². The molecule has 1 N–H and O–H groups in total. The smallest absolute Gasteiger partial charge is 0.266 e. The second kappa shape index (κ2) is 7.22. The number of carbonyl (C=O) groups excluding carboxylic acids is 1. The minimum absolute atomic E-state index is 0.132. The Labute approximate surface area is 137 Å². The molecule has 2 aromatic carbocycles. The normalized spacial score (nSPS) is 10.5. The molecule has 0 bridgehead atoms. The fraction of sp³-hybridized carbons (Fsp3) is 0. The first-order valence-corrected chi connectivity index (χ1v) is 6.79. The van der Waals surface area contributed by atoms with Crippen LogP contribution in [0.3, 0.4) is 0 Å². The van der Waals surface area contributed by atoms with Crippen LogP contribution >= 0.6 is 11.6 Å². The van der Waals surface area contributed by atoms with E-state index in [1.54, 1.807) is 30.3 Å². The highest BCUT2D eigenvalue weighted by Gasteiger charge is 2.11. The van der Waals surface area contributed by atoms with Crippen LogP contribution in [0.1, 0.15) is 11.1 Å². The summed E-state index contributed by atoms with van der Waals surface area (Å²) in [5.41, 5.74) is 1.09. The first kappa shape index (κ1) is 16.2. The molecule has 0 heterocycles. The number of amides is 1. The number of hydrogen-bond acceptors (Lipinski definition) is 3. The van der Waals surface area contributed by atoms with Gasteiger partial charge in [-0.15, -0.1) is 0 Å². The Balaban J connectivity index is 2.24. The molecule has 23 heavy (non-hydrogen) atoms. The molecule has 1 amide bonds. The third-order valence-corrected chi connectivity index (χ3v) is 3.16. The number of nitriles is 2. The number of rotatable bonds is 3. The number of nitrogens with one attached hydrogen (secondary N) is 1. The fourth-order valence-electron chi connectivity index (χ4n) is 1.79. The van der Waals surface area contributed by atoms with Gasteiger partial charge in [0.2, 0.25) is 0 Å². The number of hydrogen-bond donors (Lipinski definition) is 1. The molecule has 112 valence electrons. The molecule has 0 spiro atoms. The quantitative estimate of drug-likeness (QED) is 0.687. The molecule has 0 fully saturated rings. The predicted octanol–water partition coefficient (Wildman–Crippen LogP) is 3.90. The van der Waals surface area contributed by atoms with Crippen molar-refractivity contribution in [3.05, 3.63) is 70.0 Å². The molecule has 6 heteroatoms. The SMILES string of the molecule is N#C/C(=C\c1cccc(C#N)c1)C(=O)Nc1ccc(F)c(Cl)c1.